The summed E-state index contributed by atoms with van der Waals surface area (Å²) in [4.78, 5) is 15.5. The summed E-state index contributed by atoms with van der Waals surface area (Å²) in [5.41, 5.74) is 6.41. The number of rotatable bonds is 4. The van der Waals surface area contributed by atoms with E-state index in [0.29, 0.717) is 17.6 Å². The highest BCUT2D eigenvalue weighted by Crippen LogP contribution is 2.48. The molecule has 0 spiro atoms. The molecule has 7 aromatic carbocycles. The number of thiophene rings is 1. The molecule has 224 valence electrons. The first-order valence-electron chi connectivity index (χ1n) is 16.0. The van der Waals surface area contributed by atoms with Crippen LogP contribution in [-0.2, 0) is 0 Å². The van der Waals surface area contributed by atoms with Crippen LogP contribution in [0.3, 0.4) is 0 Å². The maximum atomic E-state index is 5.23. The molecule has 10 rings (SSSR count). The van der Waals surface area contributed by atoms with Gasteiger partial charge in [-0.05, 0) is 29.3 Å². The summed E-state index contributed by atoms with van der Waals surface area (Å²) in [7, 11) is 0. The smallest absolute Gasteiger partial charge is 0.238 e. The number of benzene rings is 7. The van der Waals surface area contributed by atoms with E-state index in [0.717, 1.165) is 22.2 Å². The van der Waals surface area contributed by atoms with Crippen molar-refractivity contribution in [3.05, 3.63) is 158 Å². The molecule has 0 radical (unpaired) electrons. The summed E-state index contributed by atoms with van der Waals surface area (Å²) in [6.07, 6.45) is 0. The fourth-order valence-electron chi connectivity index (χ4n) is 7.09. The van der Waals surface area contributed by atoms with Crippen LogP contribution in [0.25, 0.3) is 92.6 Å². The third kappa shape index (κ3) is 4.11. The van der Waals surface area contributed by atoms with E-state index in [1.165, 1.54) is 52.8 Å². The summed E-state index contributed by atoms with van der Waals surface area (Å²) >= 11 is 1.87. The fraction of sp³-hybridized carbons (Fsp3) is 0. The molecule has 4 nitrogen and oxygen atoms in total. The topological polar surface area (TPSA) is 43.6 Å². The van der Waals surface area contributed by atoms with Gasteiger partial charge in [-0.15, -0.1) is 11.3 Å². The normalized spacial score (nSPS) is 11.8. The van der Waals surface area contributed by atoms with Crippen molar-refractivity contribution in [3.63, 3.8) is 0 Å². The van der Waals surface area contributed by atoms with Crippen molar-refractivity contribution in [2.24, 2.45) is 0 Å². The molecule has 0 aliphatic carbocycles. The number of hydrogen-bond acceptors (Lipinski definition) is 4. The average molecular weight is 631 g/mol. The lowest BCUT2D eigenvalue weighted by Crippen LogP contribution is -2.06. The number of nitrogens with zero attached hydrogens (tertiary/aromatic N) is 4. The van der Waals surface area contributed by atoms with Crippen LogP contribution in [0.4, 0.5) is 0 Å². The molecule has 48 heavy (non-hydrogen) atoms. The number of aromatic nitrogens is 4. The maximum absolute atomic E-state index is 5.23. The van der Waals surface area contributed by atoms with E-state index in [4.69, 9.17) is 15.0 Å². The van der Waals surface area contributed by atoms with E-state index in [-0.39, 0.29) is 0 Å². The SMILES string of the molecule is c1ccc(-c2ccc3c(c2)c2c4c5ccccc5sc4c4ccccc4c2n3-c2nc(-c3ccccc3)nc(-c3ccccc3)n2)cc1. The zero-order valence-corrected chi connectivity index (χ0v) is 26.5. The van der Waals surface area contributed by atoms with Gasteiger partial charge in [-0.25, -0.2) is 4.98 Å². The summed E-state index contributed by atoms with van der Waals surface area (Å²) < 4.78 is 4.85. The third-order valence-electron chi connectivity index (χ3n) is 9.23. The predicted molar refractivity (Wildman–Crippen MR) is 201 cm³/mol. The van der Waals surface area contributed by atoms with Crippen LogP contribution in [0, 0.1) is 0 Å². The Hall–Kier alpha value is -6.17. The minimum absolute atomic E-state index is 0.596. The molecule has 0 saturated heterocycles. The lowest BCUT2D eigenvalue weighted by atomic mass is 9.98. The van der Waals surface area contributed by atoms with Gasteiger partial charge in [-0.2, -0.15) is 9.97 Å². The van der Waals surface area contributed by atoms with E-state index < -0.39 is 0 Å². The lowest BCUT2D eigenvalue weighted by molar-refractivity contribution is 0.955. The van der Waals surface area contributed by atoms with E-state index in [2.05, 4.69) is 126 Å². The van der Waals surface area contributed by atoms with Crippen molar-refractivity contribution in [1.29, 1.82) is 0 Å². The van der Waals surface area contributed by atoms with Gasteiger partial charge >= 0.3 is 0 Å². The summed E-state index contributed by atoms with van der Waals surface area (Å²) in [5.74, 6) is 1.88. The minimum Gasteiger partial charge on any atom is -0.277 e. The van der Waals surface area contributed by atoms with Crippen molar-refractivity contribution in [1.82, 2.24) is 19.5 Å². The molecule has 0 fully saturated rings. The van der Waals surface area contributed by atoms with E-state index in [1.807, 2.05) is 47.7 Å². The molecule has 0 saturated carbocycles. The van der Waals surface area contributed by atoms with Gasteiger partial charge in [0.1, 0.15) is 0 Å². The van der Waals surface area contributed by atoms with E-state index >= 15 is 0 Å². The van der Waals surface area contributed by atoms with Gasteiger partial charge in [0.15, 0.2) is 11.6 Å². The average Bonchev–Trinajstić information content (AvgIpc) is 3.72. The first kappa shape index (κ1) is 27.0. The zero-order chi connectivity index (χ0) is 31.6. The van der Waals surface area contributed by atoms with E-state index in [9.17, 15) is 0 Å². The Labute approximate surface area is 280 Å². The quantitative estimate of drug-likeness (QED) is 0.194. The van der Waals surface area contributed by atoms with Crippen LogP contribution in [-0.4, -0.2) is 19.5 Å². The standard InChI is InChI=1S/C43H26N4S/c1-4-14-27(15-5-1)30-24-25-35-34(26-30)37-38-33-22-12-13-23-36(33)48-40(38)32-21-11-10-20-31(32)39(37)47(35)43-45-41(28-16-6-2-7-17-28)44-42(46-43)29-18-8-3-9-19-29/h1-26H. The Kier molecular flexibility index (Phi) is 6.01. The summed E-state index contributed by atoms with van der Waals surface area (Å²) in [6.45, 7) is 0. The van der Waals surface area contributed by atoms with Gasteiger partial charge < -0.3 is 0 Å². The van der Waals surface area contributed by atoms with Gasteiger partial charge in [0.2, 0.25) is 5.95 Å². The highest BCUT2D eigenvalue weighted by Gasteiger charge is 2.24. The molecular weight excluding hydrogens is 605 g/mol. The molecular formula is C43H26N4S. The van der Waals surface area contributed by atoms with Crippen LogP contribution in [0.5, 0.6) is 0 Å². The Morgan fingerprint density at radius 3 is 1.65 bits per heavy atom. The molecule has 0 amide bonds. The fourth-order valence-corrected chi connectivity index (χ4v) is 8.33. The Bertz CT molecular complexity index is 2760. The monoisotopic (exact) mass is 630 g/mol. The largest absolute Gasteiger partial charge is 0.277 e. The van der Waals surface area contributed by atoms with Crippen molar-refractivity contribution >= 4 is 64.1 Å². The first-order chi connectivity index (χ1) is 23.8. The number of fused-ring (bicyclic) bond motifs is 10. The zero-order valence-electron chi connectivity index (χ0n) is 25.7. The molecule has 0 aliphatic rings. The minimum atomic E-state index is 0.596. The second-order valence-corrected chi connectivity index (χ2v) is 13.1. The van der Waals surface area contributed by atoms with E-state index in [1.54, 1.807) is 0 Å². The molecule has 10 aromatic rings. The third-order valence-corrected chi connectivity index (χ3v) is 10.4. The molecule has 5 heteroatoms. The molecule has 0 N–H and O–H groups in total. The van der Waals surface area contributed by atoms with Crippen molar-refractivity contribution < 1.29 is 0 Å². The Morgan fingerprint density at radius 2 is 0.979 bits per heavy atom. The lowest BCUT2D eigenvalue weighted by Gasteiger charge is -2.12. The van der Waals surface area contributed by atoms with Gasteiger partial charge in [0.05, 0.1) is 11.0 Å². The predicted octanol–water partition coefficient (Wildman–Crippen LogP) is 11.5. The highest BCUT2D eigenvalue weighted by atomic mass is 32.1. The molecule has 3 heterocycles. The molecule has 0 bridgehead atoms. The second kappa shape index (κ2) is 10.7. The molecule has 0 unspecified atom stereocenters. The van der Waals surface area contributed by atoms with Crippen molar-refractivity contribution in [2.45, 2.75) is 0 Å². The van der Waals surface area contributed by atoms with Crippen molar-refractivity contribution in [3.8, 4) is 39.9 Å². The van der Waals surface area contributed by atoms with Crippen LogP contribution in [0.1, 0.15) is 0 Å². The molecule has 3 aromatic heterocycles. The Balaban J connectivity index is 1.42. The van der Waals surface area contributed by atoms with Gasteiger partial charge in [0, 0.05) is 52.8 Å². The van der Waals surface area contributed by atoms with Gasteiger partial charge in [-0.3, -0.25) is 4.57 Å². The number of hydrogen-bond donors (Lipinski definition) is 0. The van der Waals surface area contributed by atoms with Crippen molar-refractivity contribution in [2.75, 3.05) is 0 Å². The second-order valence-electron chi connectivity index (χ2n) is 12.0. The molecule has 0 aliphatic heterocycles. The summed E-state index contributed by atoms with van der Waals surface area (Å²) in [6, 6.07) is 55.3. The summed E-state index contributed by atoms with van der Waals surface area (Å²) in [5, 5.41) is 7.34. The molecule has 0 atom stereocenters. The first-order valence-corrected chi connectivity index (χ1v) is 16.9. The maximum Gasteiger partial charge on any atom is 0.238 e. The van der Waals surface area contributed by atoms with Gasteiger partial charge in [0.25, 0.3) is 0 Å². The highest BCUT2D eigenvalue weighted by molar-refractivity contribution is 7.27. The van der Waals surface area contributed by atoms with Crippen LogP contribution in [0.15, 0.2) is 158 Å². The Morgan fingerprint density at radius 1 is 0.417 bits per heavy atom. The van der Waals surface area contributed by atoms with Crippen LogP contribution in [0.2, 0.25) is 0 Å². The van der Waals surface area contributed by atoms with Crippen LogP contribution >= 0.6 is 11.3 Å². The van der Waals surface area contributed by atoms with Gasteiger partial charge in [-0.1, -0.05) is 140 Å². The van der Waals surface area contributed by atoms with Crippen LogP contribution < -0.4 is 0 Å².